The minimum atomic E-state index is -2.25. The van der Waals surface area contributed by atoms with Gasteiger partial charge < -0.3 is 34.0 Å². The van der Waals surface area contributed by atoms with Crippen LogP contribution in [0.2, 0.25) is 18.1 Å². The predicted molar refractivity (Wildman–Crippen MR) is 136 cm³/mol. The Kier molecular flexibility index (Phi) is 9.04. The first-order chi connectivity index (χ1) is 15.8. The molecule has 2 rings (SSSR count). The molecule has 2 aromatic carbocycles. The van der Waals surface area contributed by atoms with Gasteiger partial charge in [0.25, 0.3) is 0 Å². The largest absolute Gasteiger partial charge is 0.543 e. The zero-order chi connectivity index (χ0) is 25.7. The van der Waals surface area contributed by atoms with Gasteiger partial charge in [-0.2, -0.15) is 0 Å². The third-order valence-electron chi connectivity index (χ3n) is 6.65. The molecule has 34 heavy (non-hydrogen) atoms. The van der Waals surface area contributed by atoms with Crippen molar-refractivity contribution in [1.82, 2.24) is 0 Å². The van der Waals surface area contributed by atoms with E-state index in [4.69, 9.17) is 18.6 Å². The predicted octanol–water partition coefficient (Wildman–Crippen LogP) is 4.27. The molecule has 7 nitrogen and oxygen atoms in total. The summed E-state index contributed by atoms with van der Waals surface area (Å²) < 4.78 is 23.1. The van der Waals surface area contributed by atoms with E-state index in [1.807, 2.05) is 6.07 Å². The molecule has 2 unspecified atom stereocenters. The molecule has 0 aliphatic heterocycles. The lowest BCUT2D eigenvalue weighted by molar-refractivity contribution is -0.0308. The Hall–Kier alpha value is -2.26. The van der Waals surface area contributed by atoms with Crippen LogP contribution in [0.1, 0.15) is 38.3 Å². The standard InChI is InChI=1S/C26H40O7Si/c1-25(2,3)34(7,8)33-24-14-21(31-5)13-23(32-6)22(24)16-26(29,15-19(28)17-27)18-9-11-20(30-4)12-10-18/h9-14,19,27-29H,15-17H2,1-8H3. The number of rotatable bonds is 11. The van der Waals surface area contributed by atoms with E-state index in [1.54, 1.807) is 51.7 Å². The average Bonchev–Trinajstić information content (AvgIpc) is 2.78. The Labute approximate surface area is 204 Å². The van der Waals surface area contributed by atoms with Crippen LogP contribution in [0.15, 0.2) is 36.4 Å². The van der Waals surface area contributed by atoms with E-state index in [9.17, 15) is 15.3 Å². The van der Waals surface area contributed by atoms with E-state index < -0.39 is 26.6 Å². The monoisotopic (exact) mass is 492 g/mol. The quantitative estimate of drug-likeness (QED) is 0.403. The average molecular weight is 493 g/mol. The molecule has 0 fully saturated rings. The number of benzene rings is 2. The smallest absolute Gasteiger partial charge is 0.250 e. The summed E-state index contributed by atoms with van der Waals surface area (Å²) in [5.41, 5.74) is -0.268. The van der Waals surface area contributed by atoms with Gasteiger partial charge in [0.1, 0.15) is 23.0 Å². The fraction of sp³-hybridized carbons (Fsp3) is 0.538. The summed E-state index contributed by atoms with van der Waals surface area (Å²) >= 11 is 0. The molecule has 0 saturated carbocycles. The second-order valence-electron chi connectivity index (χ2n) is 10.1. The van der Waals surface area contributed by atoms with Gasteiger partial charge in [0.05, 0.1) is 39.6 Å². The molecule has 190 valence electrons. The minimum absolute atomic E-state index is 0.0556. The van der Waals surface area contributed by atoms with Gasteiger partial charge in [-0.1, -0.05) is 32.9 Å². The highest BCUT2D eigenvalue weighted by Gasteiger charge is 2.41. The summed E-state index contributed by atoms with van der Waals surface area (Å²) in [6.07, 6.45) is -1.10. The third kappa shape index (κ3) is 6.44. The maximum atomic E-state index is 11.9. The Morgan fingerprint density at radius 1 is 0.882 bits per heavy atom. The van der Waals surface area contributed by atoms with E-state index in [-0.39, 0.29) is 17.9 Å². The van der Waals surface area contributed by atoms with Gasteiger partial charge in [-0.15, -0.1) is 0 Å². The van der Waals surface area contributed by atoms with Crippen LogP contribution in [0.25, 0.3) is 0 Å². The highest BCUT2D eigenvalue weighted by Crippen LogP contribution is 2.44. The summed E-state index contributed by atoms with van der Waals surface area (Å²) in [6.45, 7) is 10.3. The van der Waals surface area contributed by atoms with E-state index in [1.165, 1.54) is 0 Å². The number of hydrogen-bond acceptors (Lipinski definition) is 7. The first kappa shape index (κ1) is 28.0. The van der Waals surface area contributed by atoms with Crippen LogP contribution in [0.3, 0.4) is 0 Å². The van der Waals surface area contributed by atoms with Gasteiger partial charge in [0, 0.05) is 30.5 Å². The lowest BCUT2D eigenvalue weighted by Gasteiger charge is -2.38. The van der Waals surface area contributed by atoms with Crippen molar-refractivity contribution < 1.29 is 34.0 Å². The summed E-state index contributed by atoms with van der Waals surface area (Å²) in [7, 11) is 2.46. The Bertz CT molecular complexity index is 937. The lowest BCUT2D eigenvalue weighted by atomic mass is 9.82. The molecular weight excluding hydrogens is 452 g/mol. The molecule has 2 atom stereocenters. The van der Waals surface area contributed by atoms with Gasteiger partial charge in [0.2, 0.25) is 8.32 Å². The Balaban J connectivity index is 2.66. The molecule has 0 aromatic heterocycles. The first-order valence-electron chi connectivity index (χ1n) is 11.4. The highest BCUT2D eigenvalue weighted by atomic mass is 28.4. The maximum absolute atomic E-state index is 11.9. The third-order valence-corrected chi connectivity index (χ3v) is 11.0. The minimum Gasteiger partial charge on any atom is -0.543 e. The van der Waals surface area contributed by atoms with Crippen LogP contribution >= 0.6 is 0 Å². The summed E-state index contributed by atoms with van der Waals surface area (Å²) in [6, 6.07) is 10.6. The second kappa shape index (κ2) is 11.0. The van der Waals surface area contributed by atoms with E-state index >= 15 is 0 Å². The van der Waals surface area contributed by atoms with Gasteiger partial charge in [-0.25, -0.2) is 0 Å². The molecule has 0 bridgehead atoms. The summed E-state index contributed by atoms with van der Waals surface area (Å²) in [5.74, 6) is 2.32. The molecule has 0 aliphatic carbocycles. The van der Waals surface area contributed by atoms with Crippen molar-refractivity contribution in [3.63, 3.8) is 0 Å². The van der Waals surface area contributed by atoms with Gasteiger partial charge in [0.15, 0.2) is 0 Å². The van der Waals surface area contributed by atoms with Gasteiger partial charge in [-0.3, -0.25) is 0 Å². The molecule has 0 saturated heterocycles. The molecular formula is C26H40O7Si. The van der Waals surface area contributed by atoms with Crippen molar-refractivity contribution in [3.8, 4) is 23.0 Å². The molecule has 2 aromatic rings. The molecule has 0 heterocycles. The van der Waals surface area contributed by atoms with E-state index in [0.717, 1.165) is 0 Å². The number of methoxy groups -OCH3 is 3. The first-order valence-corrected chi connectivity index (χ1v) is 14.3. The van der Waals surface area contributed by atoms with Crippen LogP contribution in [-0.2, 0) is 12.0 Å². The van der Waals surface area contributed by atoms with E-state index in [2.05, 4.69) is 33.9 Å². The van der Waals surface area contributed by atoms with Gasteiger partial charge in [-0.05, 0) is 35.8 Å². The van der Waals surface area contributed by atoms with Gasteiger partial charge >= 0.3 is 0 Å². The van der Waals surface area contributed by atoms with Crippen LogP contribution < -0.4 is 18.6 Å². The second-order valence-corrected chi connectivity index (χ2v) is 14.9. The summed E-state index contributed by atoms with van der Waals surface area (Å²) in [4.78, 5) is 0. The Morgan fingerprint density at radius 3 is 1.91 bits per heavy atom. The topological polar surface area (TPSA) is 97.6 Å². The summed E-state index contributed by atoms with van der Waals surface area (Å²) in [5, 5.41) is 31.6. The van der Waals surface area contributed by atoms with Crippen molar-refractivity contribution >= 4 is 8.32 Å². The number of aliphatic hydroxyl groups is 3. The number of ether oxygens (including phenoxy) is 3. The van der Waals surface area contributed by atoms with Crippen LogP contribution in [0.4, 0.5) is 0 Å². The molecule has 8 heteroatoms. The van der Waals surface area contributed by atoms with Crippen LogP contribution in [0, 0.1) is 0 Å². The number of aliphatic hydroxyl groups excluding tert-OH is 2. The fourth-order valence-electron chi connectivity index (χ4n) is 3.53. The molecule has 0 spiro atoms. The zero-order valence-electron chi connectivity index (χ0n) is 21.6. The maximum Gasteiger partial charge on any atom is 0.250 e. The lowest BCUT2D eigenvalue weighted by Crippen LogP contribution is -2.44. The highest BCUT2D eigenvalue weighted by molar-refractivity contribution is 6.74. The molecule has 3 N–H and O–H groups in total. The van der Waals surface area contributed by atoms with Crippen molar-refractivity contribution in [2.45, 2.75) is 63.5 Å². The van der Waals surface area contributed by atoms with Crippen LogP contribution in [0.5, 0.6) is 23.0 Å². The van der Waals surface area contributed by atoms with E-state index in [0.29, 0.717) is 34.1 Å². The molecule has 0 amide bonds. The fourth-order valence-corrected chi connectivity index (χ4v) is 4.57. The van der Waals surface area contributed by atoms with Crippen LogP contribution in [-0.4, -0.2) is 57.7 Å². The normalized spacial score (nSPS) is 14.8. The van der Waals surface area contributed by atoms with Crippen molar-refractivity contribution in [2.75, 3.05) is 27.9 Å². The molecule has 0 aliphatic rings. The van der Waals surface area contributed by atoms with Crippen molar-refractivity contribution in [3.05, 3.63) is 47.5 Å². The zero-order valence-corrected chi connectivity index (χ0v) is 22.6. The Morgan fingerprint density at radius 2 is 1.44 bits per heavy atom. The molecule has 0 radical (unpaired) electrons. The SMILES string of the molecule is COc1ccc(C(O)(Cc2c(OC)cc(OC)cc2O[Si](C)(C)C(C)(C)C)CC(O)CO)cc1. The van der Waals surface area contributed by atoms with Crippen molar-refractivity contribution in [2.24, 2.45) is 0 Å². The number of hydrogen-bond donors (Lipinski definition) is 3. The van der Waals surface area contributed by atoms with Crippen molar-refractivity contribution in [1.29, 1.82) is 0 Å².